The zero-order chi connectivity index (χ0) is 46.9. The fraction of sp³-hybridized carbons (Fsp3) is 0.522. The number of nitrogens with two attached hydrogens (primary N) is 1. The predicted molar refractivity (Wildman–Crippen MR) is 231 cm³/mol. The molecular weight excluding hydrogens is 859 g/mol. The second kappa shape index (κ2) is 18.7. The fourth-order valence-corrected chi connectivity index (χ4v) is 9.47. The van der Waals surface area contributed by atoms with E-state index in [2.05, 4.69) is 15.2 Å². The Balaban J connectivity index is 0.871. The van der Waals surface area contributed by atoms with Gasteiger partial charge in [-0.3, -0.25) is 29.6 Å². The molecule has 4 aliphatic rings. The Morgan fingerprint density at radius 3 is 2.23 bits per heavy atom. The first-order valence-corrected chi connectivity index (χ1v) is 22.0. The van der Waals surface area contributed by atoms with Gasteiger partial charge in [-0.25, -0.2) is 9.78 Å². The van der Waals surface area contributed by atoms with Crippen LogP contribution in [-0.2, 0) is 22.7 Å². The van der Waals surface area contributed by atoms with Gasteiger partial charge < -0.3 is 26.0 Å². The molecule has 0 bridgehead atoms. The number of urea groups is 1. The van der Waals surface area contributed by atoms with Crippen LogP contribution < -0.4 is 21.3 Å². The smallest absolute Gasteiger partial charge is 0.398 e. The highest BCUT2D eigenvalue weighted by Crippen LogP contribution is 2.47. The number of aromatic nitrogens is 1. The number of pyridine rings is 1. The quantitative estimate of drug-likeness (QED) is 0.0900. The lowest BCUT2D eigenvalue weighted by Gasteiger charge is -2.46. The lowest BCUT2D eigenvalue weighted by Crippen LogP contribution is -2.50. The molecule has 19 heteroatoms. The number of nitrogens with one attached hydrogen (secondary N) is 2. The first-order valence-electron chi connectivity index (χ1n) is 22.0. The summed E-state index contributed by atoms with van der Waals surface area (Å²) in [6.45, 7) is 6.48. The van der Waals surface area contributed by atoms with Crippen LogP contribution in [0.3, 0.4) is 0 Å². The van der Waals surface area contributed by atoms with E-state index < -0.39 is 58.4 Å². The number of benzene rings is 2. The molecule has 5 N–H and O–H groups in total. The van der Waals surface area contributed by atoms with E-state index in [1.165, 1.54) is 26.0 Å². The van der Waals surface area contributed by atoms with Crippen LogP contribution in [0.2, 0.25) is 0 Å². The number of nitrogen functional groups attached to an aromatic ring is 1. The summed E-state index contributed by atoms with van der Waals surface area (Å²) in [6, 6.07) is 8.28. The molecule has 5 amide bonds. The van der Waals surface area contributed by atoms with E-state index in [9.17, 15) is 50.6 Å². The molecule has 4 heterocycles. The van der Waals surface area contributed by atoms with Crippen LogP contribution in [0.5, 0.6) is 0 Å². The average Bonchev–Trinajstić information content (AvgIpc) is 3.25. The number of aliphatic hydroxyl groups is 1. The fourth-order valence-electron chi connectivity index (χ4n) is 9.47. The summed E-state index contributed by atoms with van der Waals surface area (Å²) in [5.41, 5.74) is 3.19. The summed E-state index contributed by atoms with van der Waals surface area (Å²) in [4.78, 5) is 64.0. The number of halogens is 6. The number of hydrogen-bond acceptors (Lipinski definition) is 9. The maximum Gasteiger partial charge on any atom is 0.433 e. The second-order valence-electron chi connectivity index (χ2n) is 18.3. The molecule has 65 heavy (non-hydrogen) atoms. The molecule has 13 nitrogen and oxygen atoms in total. The van der Waals surface area contributed by atoms with Crippen molar-refractivity contribution in [2.45, 2.75) is 102 Å². The molecule has 1 aliphatic carbocycles. The molecule has 3 aromatic rings. The van der Waals surface area contributed by atoms with Gasteiger partial charge in [0.25, 0.3) is 11.8 Å². The van der Waals surface area contributed by atoms with Crippen molar-refractivity contribution in [2.75, 3.05) is 55.2 Å². The summed E-state index contributed by atoms with van der Waals surface area (Å²) >= 11 is 0. The van der Waals surface area contributed by atoms with E-state index in [1.54, 1.807) is 17.2 Å². The number of aliphatic imine (C=N–C) groups is 1. The number of amides is 5. The lowest BCUT2D eigenvalue weighted by atomic mass is 9.65. The monoisotopic (exact) mass is 912 g/mol. The van der Waals surface area contributed by atoms with E-state index in [1.807, 2.05) is 5.32 Å². The van der Waals surface area contributed by atoms with Crippen molar-refractivity contribution in [3.63, 3.8) is 0 Å². The normalized spacial score (nSPS) is 19.5. The van der Waals surface area contributed by atoms with Crippen molar-refractivity contribution in [1.29, 1.82) is 0 Å². The van der Waals surface area contributed by atoms with Crippen molar-refractivity contribution < 1.29 is 50.6 Å². The summed E-state index contributed by atoms with van der Waals surface area (Å²) in [5.74, 6) is -1.26. The second-order valence-corrected chi connectivity index (χ2v) is 18.3. The third kappa shape index (κ3) is 11.3. The highest BCUT2D eigenvalue weighted by atomic mass is 19.4. The lowest BCUT2D eigenvalue weighted by molar-refractivity contribution is -0.141. The summed E-state index contributed by atoms with van der Waals surface area (Å²) in [6.07, 6.45) is 0.615. The largest absolute Gasteiger partial charge is 0.433 e. The number of nitrogens with zero attached hydrogens (tertiary/aromatic N) is 5. The van der Waals surface area contributed by atoms with Crippen LogP contribution in [0.15, 0.2) is 53.5 Å². The van der Waals surface area contributed by atoms with Crippen LogP contribution in [0, 0.1) is 11.3 Å². The SMILES string of the molecule is CC(C)(O)c1cc(N)c(C=NC2CCN(CCC3CCC4(CC3)CCN(C(=O)c3ccc(C(F)(F)F)c(N5CCC(=O)NC5=O)c3)CC4)CC2)cc1NC(=O)c1cccc(C(F)(F)F)n1. The minimum absolute atomic E-state index is 0.0312. The molecule has 1 aromatic heterocycles. The highest BCUT2D eigenvalue weighted by Gasteiger charge is 2.41. The summed E-state index contributed by atoms with van der Waals surface area (Å²) in [5, 5.41) is 15.5. The van der Waals surface area contributed by atoms with Crippen LogP contribution >= 0.6 is 0 Å². The van der Waals surface area contributed by atoms with Gasteiger partial charge in [0, 0.05) is 73.4 Å². The maximum atomic E-state index is 13.9. The van der Waals surface area contributed by atoms with Crippen LogP contribution in [0.25, 0.3) is 0 Å². The number of anilines is 3. The molecule has 4 fully saturated rings. The number of carbonyl (C=O) groups excluding carboxylic acids is 4. The first-order chi connectivity index (χ1) is 30.6. The zero-order valence-electron chi connectivity index (χ0n) is 36.3. The predicted octanol–water partition coefficient (Wildman–Crippen LogP) is 8.01. The standard InChI is InChI=1S/C46H54F6N8O5/c1-43(2,65)33-26-34(53)30(24-36(33)56-40(62)35-4-3-5-38(55-35)46(50,51)52)27-54-31-11-19-58(20-12-31)18-10-28-8-14-44(15-9-28)16-22-59(23-17-44)41(63)29-6-7-32(45(47,48)49)37(25-29)60-21-13-39(61)57-42(60)64/h3-7,24-28,31,65H,8-23,53H2,1-2H3,(H,56,62)(H,57,61,64). The number of likely N-dealkylation sites (tertiary alicyclic amines) is 2. The molecule has 2 aromatic carbocycles. The van der Waals surface area contributed by atoms with Gasteiger partial charge >= 0.3 is 18.4 Å². The Morgan fingerprint density at radius 1 is 0.908 bits per heavy atom. The van der Waals surface area contributed by atoms with E-state index >= 15 is 0 Å². The Morgan fingerprint density at radius 2 is 1.60 bits per heavy atom. The van der Waals surface area contributed by atoms with Crippen LogP contribution in [0.4, 0.5) is 48.2 Å². The third-order valence-corrected chi connectivity index (χ3v) is 13.4. The molecule has 1 saturated carbocycles. The topological polar surface area (TPSA) is 174 Å². The number of piperidine rings is 2. The average molecular weight is 913 g/mol. The molecule has 350 valence electrons. The molecule has 0 atom stereocenters. The van der Waals surface area contributed by atoms with Gasteiger partial charge in [-0.1, -0.05) is 6.07 Å². The van der Waals surface area contributed by atoms with Crippen molar-refractivity contribution in [3.05, 3.63) is 82.2 Å². The Hall–Kier alpha value is -5.56. The molecule has 3 aliphatic heterocycles. The van der Waals surface area contributed by atoms with Crippen molar-refractivity contribution in [3.8, 4) is 0 Å². The Bertz CT molecular complexity index is 2300. The van der Waals surface area contributed by atoms with E-state index in [0.29, 0.717) is 30.3 Å². The minimum Gasteiger partial charge on any atom is -0.398 e. The number of imide groups is 1. The minimum atomic E-state index is -4.77. The van der Waals surface area contributed by atoms with Gasteiger partial charge in [-0.2, -0.15) is 26.3 Å². The molecule has 0 radical (unpaired) electrons. The number of rotatable bonds is 10. The Labute approximate surface area is 372 Å². The first kappa shape index (κ1) is 47.4. The van der Waals surface area contributed by atoms with Gasteiger partial charge in [-0.15, -0.1) is 0 Å². The molecule has 0 unspecified atom stereocenters. The summed E-state index contributed by atoms with van der Waals surface area (Å²) < 4.78 is 81.6. The van der Waals surface area contributed by atoms with Gasteiger partial charge in [0.2, 0.25) is 5.91 Å². The van der Waals surface area contributed by atoms with Crippen LogP contribution in [-0.4, -0.2) is 95.2 Å². The van der Waals surface area contributed by atoms with Gasteiger partial charge in [-0.05, 0) is 132 Å². The van der Waals surface area contributed by atoms with Crippen molar-refractivity contribution in [2.24, 2.45) is 16.3 Å². The summed E-state index contributed by atoms with van der Waals surface area (Å²) in [7, 11) is 0. The zero-order valence-corrected chi connectivity index (χ0v) is 36.3. The number of hydrogen-bond donors (Lipinski definition) is 4. The third-order valence-electron chi connectivity index (χ3n) is 13.4. The Kier molecular flexibility index (Phi) is 13.7. The van der Waals surface area contributed by atoms with E-state index in [-0.39, 0.29) is 47.1 Å². The van der Waals surface area contributed by atoms with Crippen LogP contribution in [0.1, 0.15) is 121 Å². The highest BCUT2D eigenvalue weighted by molar-refractivity contribution is 6.07. The molecular formula is C46H54F6N8O5. The van der Waals surface area contributed by atoms with Gasteiger partial charge in [0.1, 0.15) is 11.4 Å². The van der Waals surface area contributed by atoms with Crippen molar-refractivity contribution >= 4 is 47.0 Å². The van der Waals surface area contributed by atoms with Gasteiger partial charge in [0.15, 0.2) is 0 Å². The van der Waals surface area contributed by atoms with Crippen molar-refractivity contribution in [1.82, 2.24) is 20.1 Å². The maximum absolute atomic E-state index is 13.9. The van der Waals surface area contributed by atoms with E-state index in [4.69, 9.17) is 10.7 Å². The molecule has 1 spiro atoms. The molecule has 7 rings (SSSR count). The number of alkyl halides is 6. The number of carbonyl (C=O) groups is 4. The molecule has 3 saturated heterocycles. The van der Waals surface area contributed by atoms with E-state index in [0.717, 1.165) is 113 Å². The van der Waals surface area contributed by atoms with Gasteiger partial charge in [0.05, 0.1) is 22.9 Å².